The van der Waals surface area contributed by atoms with Gasteiger partial charge in [0, 0.05) is 23.3 Å². The molecule has 92 valence electrons. The number of aromatic nitrogens is 1. The van der Waals surface area contributed by atoms with Crippen LogP contribution in [0.5, 0.6) is 0 Å². The van der Waals surface area contributed by atoms with Gasteiger partial charge in [0.25, 0.3) is 0 Å². The van der Waals surface area contributed by atoms with Gasteiger partial charge in [0.15, 0.2) is 0 Å². The Morgan fingerprint density at radius 1 is 1.22 bits per heavy atom. The number of rotatable bonds is 4. The highest BCUT2D eigenvalue weighted by Crippen LogP contribution is 2.11. The third-order valence-corrected chi connectivity index (χ3v) is 2.92. The minimum absolute atomic E-state index is 0.353. The number of nitrogens with two attached hydrogens (primary N) is 1. The SMILES string of the molecule is NC(=S)c1ccc(NCc2ccc(Cl)cc2)nc1. The predicted octanol–water partition coefficient (Wildman–Crippen LogP) is 2.98. The largest absolute Gasteiger partial charge is 0.389 e. The number of halogens is 1. The van der Waals surface area contributed by atoms with Crippen molar-refractivity contribution in [3.8, 4) is 0 Å². The number of anilines is 1. The van der Waals surface area contributed by atoms with E-state index in [0.29, 0.717) is 11.5 Å². The van der Waals surface area contributed by atoms with Crippen molar-refractivity contribution < 1.29 is 0 Å². The van der Waals surface area contributed by atoms with E-state index in [-0.39, 0.29) is 0 Å². The molecule has 3 N–H and O–H groups in total. The Morgan fingerprint density at radius 2 is 1.94 bits per heavy atom. The summed E-state index contributed by atoms with van der Waals surface area (Å²) < 4.78 is 0. The van der Waals surface area contributed by atoms with E-state index in [1.807, 2.05) is 36.4 Å². The molecular formula is C13H12ClN3S. The van der Waals surface area contributed by atoms with Crippen molar-refractivity contribution >= 4 is 34.6 Å². The Labute approximate surface area is 116 Å². The molecule has 2 aromatic rings. The van der Waals surface area contributed by atoms with Crippen LogP contribution >= 0.6 is 23.8 Å². The molecule has 3 nitrogen and oxygen atoms in total. The van der Waals surface area contributed by atoms with Crippen molar-refractivity contribution in [1.82, 2.24) is 4.98 Å². The average molecular weight is 278 g/mol. The van der Waals surface area contributed by atoms with Crippen LogP contribution in [-0.4, -0.2) is 9.97 Å². The van der Waals surface area contributed by atoms with Gasteiger partial charge in [0.05, 0.1) is 0 Å². The van der Waals surface area contributed by atoms with Crippen LogP contribution in [0.1, 0.15) is 11.1 Å². The molecule has 0 aliphatic carbocycles. The quantitative estimate of drug-likeness (QED) is 0.844. The molecule has 1 heterocycles. The number of nitrogens with one attached hydrogen (secondary N) is 1. The van der Waals surface area contributed by atoms with Gasteiger partial charge >= 0.3 is 0 Å². The highest BCUT2D eigenvalue weighted by Gasteiger charge is 1.98. The second kappa shape index (κ2) is 5.80. The highest BCUT2D eigenvalue weighted by molar-refractivity contribution is 7.80. The van der Waals surface area contributed by atoms with Gasteiger partial charge in [0.2, 0.25) is 0 Å². The first-order valence-corrected chi connectivity index (χ1v) is 6.18. The third-order valence-electron chi connectivity index (χ3n) is 2.43. The van der Waals surface area contributed by atoms with Gasteiger partial charge in [-0.2, -0.15) is 0 Å². The zero-order valence-electron chi connectivity index (χ0n) is 9.56. The molecule has 0 bridgehead atoms. The summed E-state index contributed by atoms with van der Waals surface area (Å²) in [6, 6.07) is 11.4. The summed E-state index contributed by atoms with van der Waals surface area (Å²) in [4.78, 5) is 4.58. The fraction of sp³-hybridized carbons (Fsp3) is 0.0769. The van der Waals surface area contributed by atoms with Crippen LogP contribution < -0.4 is 11.1 Å². The van der Waals surface area contributed by atoms with Crippen LogP contribution in [0.4, 0.5) is 5.82 Å². The number of benzene rings is 1. The second-order valence-electron chi connectivity index (χ2n) is 3.78. The topological polar surface area (TPSA) is 50.9 Å². The van der Waals surface area contributed by atoms with Crippen molar-refractivity contribution in [1.29, 1.82) is 0 Å². The van der Waals surface area contributed by atoms with Gasteiger partial charge < -0.3 is 11.1 Å². The standard InChI is InChI=1S/C13H12ClN3S/c14-11-4-1-9(2-5-11)7-16-12-6-3-10(8-17-12)13(15)18/h1-6,8H,7H2,(H2,15,18)(H,16,17). The lowest BCUT2D eigenvalue weighted by molar-refractivity contribution is 1.11. The van der Waals surface area contributed by atoms with Crippen LogP contribution in [0.2, 0.25) is 5.02 Å². The van der Waals surface area contributed by atoms with Gasteiger partial charge in [0.1, 0.15) is 10.8 Å². The summed E-state index contributed by atoms with van der Waals surface area (Å²) in [5.74, 6) is 0.782. The number of nitrogens with zero attached hydrogens (tertiary/aromatic N) is 1. The highest BCUT2D eigenvalue weighted by atomic mass is 35.5. The van der Waals surface area contributed by atoms with E-state index in [1.165, 1.54) is 0 Å². The normalized spacial score (nSPS) is 10.1. The lowest BCUT2D eigenvalue weighted by atomic mass is 10.2. The van der Waals surface area contributed by atoms with Gasteiger partial charge in [-0.25, -0.2) is 4.98 Å². The Kier molecular flexibility index (Phi) is 4.12. The fourth-order valence-electron chi connectivity index (χ4n) is 1.44. The molecule has 0 radical (unpaired) electrons. The monoisotopic (exact) mass is 277 g/mol. The molecule has 0 saturated heterocycles. The fourth-order valence-corrected chi connectivity index (χ4v) is 1.69. The van der Waals surface area contributed by atoms with Crippen molar-refractivity contribution in [3.05, 3.63) is 58.7 Å². The maximum atomic E-state index is 5.82. The van der Waals surface area contributed by atoms with E-state index in [9.17, 15) is 0 Å². The molecule has 0 aliphatic heterocycles. The van der Waals surface area contributed by atoms with Gasteiger partial charge in [-0.1, -0.05) is 36.0 Å². The maximum Gasteiger partial charge on any atom is 0.126 e. The molecule has 0 spiro atoms. The van der Waals surface area contributed by atoms with Gasteiger partial charge in [-0.15, -0.1) is 0 Å². The Hall–Kier alpha value is -1.65. The Bertz CT molecular complexity index is 537. The molecule has 1 aromatic heterocycles. The lowest BCUT2D eigenvalue weighted by Crippen LogP contribution is -2.10. The minimum atomic E-state index is 0.353. The third kappa shape index (κ3) is 3.42. The summed E-state index contributed by atoms with van der Waals surface area (Å²) in [6.07, 6.45) is 1.66. The second-order valence-corrected chi connectivity index (χ2v) is 4.65. The summed E-state index contributed by atoms with van der Waals surface area (Å²) >= 11 is 10.7. The van der Waals surface area contributed by atoms with Gasteiger partial charge in [-0.3, -0.25) is 0 Å². The first-order valence-electron chi connectivity index (χ1n) is 5.39. The number of hydrogen-bond acceptors (Lipinski definition) is 3. The van der Waals surface area contributed by atoms with Crippen LogP contribution in [-0.2, 0) is 6.54 Å². The molecule has 0 atom stereocenters. The molecule has 0 unspecified atom stereocenters. The van der Waals surface area contributed by atoms with E-state index >= 15 is 0 Å². The van der Waals surface area contributed by atoms with Crippen molar-refractivity contribution in [2.45, 2.75) is 6.54 Å². The lowest BCUT2D eigenvalue weighted by Gasteiger charge is -2.06. The molecule has 0 amide bonds. The molecule has 18 heavy (non-hydrogen) atoms. The van der Waals surface area contributed by atoms with E-state index in [0.717, 1.165) is 22.0 Å². The predicted molar refractivity (Wildman–Crippen MR) is 78.9 cm³/mol. The summed E-state index contributed by atoms with van der Waals surface area (Å²) in [7, 11) is 0. The van der Waals surface area contributed by atoms with E-state index in [4.69, 9.17) is 29.6 Å². The van der Waals surface area contributed by atoms with Crippen molar-refractivity contribution in [2.75, 3.05) is 5.32 Å². The molecule has 0 aliphatic rings. The van der Waals surface area contributed by atoms with E-state index in [2.05, 4.69) is 10.3 Å². The van der Waals surface area contributed by atoms with Crippen LogP contribution in [0.3, 0.4) is 0 Å². The molecule has 5 heteroatoms. The number of pyridine rings is 1. The van der Waals surface area contributed by atoms with Crippen LogP contribution in [0, 0.1) is 0 Å². The molecule has 1 aromatic carbocycles. The molecular weight excluding hydrogens is 266 g/mol. The average Bonchev–Trinajstić information content (AvgIpc) is 2.38. The van der Waals surface area contributed by atoms with Crippen LogP contribution in [0.15, 0.2) is 42.6 Å². The molecule has 0 saturated carbocycles. The minimum Gasteiger partial charge on any atom is -0.389 e. The van der Waals surface area contributed by atoms with Crippen LogP contribution in [0.25, 0.3) is 0 Å². The maximum absolute atomic E-state index is 5.82. The van der Waals surface area contributed by atoms with Crippen molar-refractivity contribution in [3.63, 3.8) is 0 Å². The zero-order valence-corrected chi connectivity index (χ0v) is 11.1. The van der Waals surface area contributed by atoms with E-state index < -0.39 is 0 Å². The van der Waals surface area contributed by atoms with Gasteiger partial charge in [-0.05, 0) is 29.8 Å². The Balaban J connectivity index is 1.97. The first kappa shape index (κ1) is 12.8. The molecule has 2 rings (SSSR count). The molecule has 0 fully saturated rings. The summed E-state index contributed by atoms with van der Waals surface area (Å²) in [5, 5.41) is 3.94. The smallest absolute Gasteiger partial charge is 0.126 e. The number of hydrogen-bond donors (Lipinski definition) is 2. The first-order chi connectivity index (χ1) is 8.65. The van der Waals surface area contributed by atoms with Crippen molar-refractivity contribution in [2.24, 2.45) is 5.73 Å². The summed E-state index contributed by atoms with van der Waals surface area (Å²) in [5.41, 5.74) is 7.41. The van der Waals surface area contributed by atoms with E-state index in [1.54, 1.807) is 6.20 Å². The Morgan fingerprint density at radius 3 is 2.50 bits per heavy atom. The zero-order chi connectivity index (χ0) is 13.0. The number of thiocarbonyl (C=S) groups is 1. The summed E-state index contributed by atoms with van der Waals surface area (Å²) in [6.45, 7) is 0.691.